The second-order valence-corrected chi connectivity index (χ2v) is 1.69. The molecule has 0 aromatic carbocycles. The average Bonchev–Trinajstić information content (AvgIpc) is 1.91. The first-order valence-electron chi connectivity index (χ1n) is 2.84. The number of ether oxygens (including phenoxy) is 1. The summed E-state index contributed by atoms with van der Waals surface area (Å²) < 4.78 is 16.5. The molecule has 0 saturated heterocycles. The Morgan fingerprint density at radius 1 is 1.78 bits per heavy atom. The van der Waals surface area contributed by atoms with Crippen LogP contribution in [0.1, 0.15) is 0 Å². The summed E-state index contributed by atoms with van der Waals surface area (Å²) in [5, 5.41) is 2.44. The quantitative estimate of drug-likeness (QED) is 0.507. The lowest BCUT2D eigenvalue weighted by Crippen LogP contribution is -2.31. The molecule has 0 bridgehead atoms. The van der Waals surface area contributed by atoms with E-state index in [2.05, 4.69) is 10.3 Å². The lowest BCUT2D eigenvalue weighted by atomic mass is 10.5. The summed E-state index contributed by atoms with van der Waals surface area (Å²) in [6.07, 6.45) is 0. The van der Waals surface area contributed by atoms with Crippen LogP contribution in [0.5, 0.6) is 0 Å². The normalized spacial score (nSPS) is 19.0. The molecule has 0 aromatic heterocycles. The van der Waals surface area contributed by atoms with Gasteiger partial charge in [0, 0.05) is 0 Å². The lowest BCUT2D eigenvalue weighted by molar-refractivity contribution is 0.167. The summed E-state index contributed by atoms with van der Waals surface area (Å²) in [7, 11) is 0. The fourth-order valence-electron chi connectivity index (χ4n) is 0.644. The van der Waals surface area contributed by atoms with Crippen molar-refractivity contribution in [2.24, 2.45) is 4.99 Å². The van der Waals surface area contributed by atoms with Gasteiger partial charge in [-0.1, -0.05) is 0 Å². The van der Waals surface area contributed by atoms with Crippen molar-refractivity contribution in [2.45, 2.75) is 0 Å². The van der Waals surface area contributed by atoms with Crippen LogP contribution in [-0.4, -0.2) is 32.4 Å². The molecule has 0 saturated carbocycles. The van der Waals surface area contributed by atoms with E-state index in [-0.39, 0.29) is 0 Å². The minimum absolute atomic E-state index is 0.421. The molecule has 0 amide bonds. The van der Waals surface area contributed by atoms with Gasteiger partial charge in [-0.25, -0.2) is 4.39 Å². The third kappa shape index (κ3) is 1.97. The van der Waals surface area contributed by atoms with Gasteiger partial charge < -0.3 is 10.1 Å². The van der Waals surface area contributed by atoms with Gasteiger partial charge in [-0.15, -0.1) is 0 Å². The monoisotopic (exact) mass is 132 g/mol. The van der Waals surface area contributed by atoms with Crippen LogP contribution in [0.2, 0.25) is 0 Å². The number of nitrogens with one attached hydrogen (secondary N) is 1. The molecule has 0 radical (unpaired) electrons. The van der Waals surface area contributed by atoms with E-state index in [0.29, 0.717) is 25.6 Å². The van der Waals surface area contributed by atoms with E-state index < -0.39 is 6.80 Å². The number of rotatable bonds is 1. The van der Waals surface area contributed by atoms with Crippen LogP contribution in [0, 0.1) is 0 Å². The van der Waals surface area contributed by atoms with Crippen molar-refractivity contribution in [1.29, 1.82) is 0 Å². The molecular formula is C5H9FN2O. The van der Waals surface area contributed by atoms with Gasteiger partial charge in [-0.2, -0.15) is 0 Å². The van der Waals surface area contributed by atoms with Crippen molar-refractivity contribution in [3.05, 3.63) is 0 Å². The highest BCUT2D eigenvalue weighted by Gasteiger charge is 2.02. The number of hydrogen-bond donors (Lipinski definition) is 1. The first kappa shape index (κ1) is 6.48. The SMILES string of the molecule is FCNC1=NCCOC1. The molecule has 0 aromatic rings. The van der Waals surface area contributed by atoms with Crippen molar-refractivity contribution in [1.82, 2.24) is 5.32 Å². The Hall–Kier alpha value is -0.640. The van der Waals surface area contributed by atoms with Gasteiger partial charge in [0.1, 0.15) is 12.4 Å². The number of hydrogen-bond acceptors (Lipinski definition) is 3. The zero-order valence-electron chi connectivity index (χ0n) is 5.06. The zero-order chi connectivity index (χ0) is 6.53. The Kier molecular flexibility index (Phi) is 2.45. The third-order valence-electron chi connectivity index (χ3n) is 1.05. The molecule has 4 heteroatoms. The van der Waals surface area contributed by atoms with Gasteiger partial charge in [0.05, 0.1) is 13.2 Å². The summed E-state index contributed by atoms with van der Waals surface area (Å²) in [6.45, 7) is 1.14. The van der Waals surface area contributed by atoms with Crippen LogP contribution >= 0.6 is 0 Å². The largest absolute Gasteiger partial charge is 0.372 e. The third-order valence-corrected chi connectivity index (χ3v) is 1.05. The highest BCUT2D eigenvalue weighted by atomic mass is 19.1. The van der Waals surface area contributed by atoms with Gasteiger partial charge >= 0.3 is 0 Å². The van der Waals surface area contributed by atoms with E-state index in [1.165, 1.54) is 0 Å². The second kappa shape index (κ2) is 3.40. The molecule has 1 aliphatic heterocycles. The van der Waals surface area contributed by atoms with Gasteiger partial charge in [0.15, 0.2) is 6.80 Å². The van der Waals surface area contributed by atoms with Gasteiger partial charge in [0.25, 0.3) is 0 Å². The van der Waals surface area contributed by atoms with Crippen LogP contribution < -0.4 is 5.32 Å². The summed E-state index contributed by atoms with van der Waals surface area (Å²) in [4.78, 5) is 3.96. The van der Waals surface area contributed by atoms with Crippen LogP contribution in [0.3, 0.4) is 0 Å². The Morgan fingerprint density at radius 3 is 3.22 bits per heavy atom. The van der Waals surface area contributed by atoms with Crippen molar-refractivity contribution in [3.8, 4) is 0 Å². The fourth-order valence-corrected chi connectivity index (χ4v) is 0.644. The van der Waals surface area contributed by atoms with Crippen LogP contribution in [0.15, 0.2) is 4.99 Å². The van der Waals surface area contributed by atoms with E-state index in [1.807, 2.05) is 0 Å². The van der Waals surface area contributed by atoms with Crippen molar-refractivity contribution in [3.63, 3.8) is 0 Å². The van der Waals surface area contributed by atoms with E-state index in [1.54, 1.807) is 0 Å². The predicted octanol–water partition coefficient (Wildman–Crippen LogP) is -0.0683. The molecule has 9 heavy (non-hydrogen) atoms. The molecule has 1 N–H and O–H groups in total. The van der Waals surface area contributed by atoms with Crippen molar-refractivity contribution < 1.29 is 9.13 Å². The highest BCUT2D eigenvalue weighted by molar-refractivity contribution is 5.83. The number of halogens is 1. The molecule has 0 fully saturated rings. The Morgan fingerprint density at radius 2 is 2.67 bits per heavy atom. The molecule has 52 valence electrons. The topological polar surface area (TPSA) is 33.6 Å². The van der Waals surface area contributed by atoms with Gasteiger partial charge in [0.2, 0.25) is 0 Å². The molecule has 0 unspecified atom stereocenters. The first-order valence-corrected chi connectivity index (χ1v) is 2.84. The Balaban J connectivity index is 2.28. The van der Waals surface area contributed by atoms with E-state index in [9.17, 15) is 4.39 Å². The van der Waals surface area contributed by atoms with E-state index >= 15 is 0 Å². The number of nitrogens with zero attached hydrogens (tertiary/aromatic N) is 1. The average molecular weight is 132 g/mol. The molecule has 0 aliphatic carbocycles. The first-order chi connectivity index (χ1) is 4.43. The summed E-state index contributed by atoms with van der Waals surface area (Å²) >= 11 is 0. The van der Waals surface area contributed by atoms with Gasteiger partial charge in [-0.3, -0.25) is 4.99 Å². The van der Waals surface area contributed by atoms with Gasteiger partial charge in [-0.05, 0) is 0 Å². The molecule has 1 aliphatic rings. The highest BCUT2D eigenvalue weighted by Crippen LogP contribution is 1.87. The smallest absolute Gasteiger partial charge is 0.160 e. The lowest BCUT2D eigenvalue weighted by Gasteiger charge is -2.11. The molecular weight excluding hydrogens is 123 g/mol. The second-order valence-electron chi connectivity index (χ2n) is 1.69. The maximum Gasteiger partial charge on any atom is 0.160 e. The summed E-state index contributed by atoms with van der Waals surface area (Å²) in [5.74, 6) is 0.615. The Labute approximate surface area is 52.9 Å². The van der Waals surface area contributed by atoms with Crippen LogP contribution in [0.4, 0.5) is 4.39 Å². The molecule has 1 heterocycles. The molecule has 0 atom stereocenters. The fraction of sp³-hybridized carbons (Fsp3) is 0.800. The van der Waals surface area contributed by atoms with Crippen LogP contribution in [0.25, 0.3) is 0 Å². The number of amidine groups is 1. The molecule has 3 nitrogen and oxygen atoms in total. The van der Waals surface area contributed by atoms with E-state index in [0.717, 1.165) is 0 Å². The maximum absolute atomic E-state index is 11.5. The summed E-state index contributed by atoms with van der Waals surface area (Å²) in [5.41, 5.74) is 0. The predicted molar refractivity (Wildman–Crippen MR) is 32.2 cm³/mol. The molecule has 0 spiro atoms. The van der Waals surface area contributed by atoms with Crippen molar-refractivity contribution in [2.75, 3.05) is 26.6 Å². The standard InChI is InChI=1S/C5H9FN2O/c6-4-8-5-3-9-2-1-7-5/h1-4H2,(H,7,8). The minimum atomic E-state index is -0.567. The number of aliphatic imine (C=N–C) groups is 1. The van der Waals surface area contributed by atoms with E-state index in [4.69, 9.17) is 4.74 Å². The number of alkyl halides is 1. The Bertz CT molecular complexity index is 116. The zero-order valence-corrected chi connectivity index (χ0v) is 5.06. The van der Waals surface area contributed by atoms with Crippen molar-refractivity contribution >= 4 is 5.84 Å². The minimum Gasteiger partial charge on any atom is -0.372 e. The molecule has 1 rings (SSSR count). The maximum atomic E-state index is 11.5. The van der Waals surface area contributed by atoms with Crippen LogP contribution in [-0.2, 0) is 4.74 Å². The summed E-state index contributed by atoms with van der Waals surface area (Å²) in [6, 6.07) is 0.